The number of nitrogens with zero attached hydrogens (tertiary/aromatic N) is 1. The quantitative estimate of drug-likeness (QED) is 0.530. The normalized spacial score (nSPS) is 11.1. The van der Waals surface area contributed by atoms with Crippen LogP contribution in [-0.4, -0.2) is 43.4 Å². The molecule has 1 N–H and O–H groups in total. The Kier molecular flexibility index (Phi) is 8.24. The van der Waals surface area contributed by atoms with Gasteiger partial charge in [-0.15, -0.1) is 0 Å². The summed E-state index contributed by atoms with van der Waals surface area (Å²) < 4.78 is 0. The summed E-state index contributed by atoms with van der Waals surface area (Å²) in [6.07, 6.45) is 2.31. The number of nitrogens with one attached hydrogen (secondary N) is 1. The fourth-order valence-electron chi connectivity index (χ4n) is 2.34. The van der Waals surface area contributed by atoms with Gasteiger partial charge in [0, 0.05) is 5.56 Å². The van der Waals surface area contributed by atoms with Crippen molar-refractivity contribution in [3.8, 4) is 0 Å². The maximum Gasteiger partial charge on any atom is 0.176 e. The number of ketones is 1. The van der Waals surface area contributed by atoms with Gasteiger partial charge in [-0.1, -0.05) is 26.0 Å². The number of unbranched alkanes of at least 4 members (excludes halogenated alkanes) is 1. The molecule has 0 saturated carbocycles. The van der Waals surface area contributed by atoms with Crippen LogP contribution in [0.1, 0.15) is 48.2 Å². The third-order valence-corrected chi connectivity index (χ3v) is 4.09. The number of rotatable bonds is 10. The second-order valence-electron chi connectivity index (χ2n) is 5.63. The lowest BCUT2D eigenvalue weighted by Crippen LogP contribution is -2.27. The number of hydrogen-bond donors (Lipinski definition) is 1. The van der Waals surface area contributed by atoms with Crippen LogP contribution in [-0.2, 0) is 0 Å². The zero-order valence-corrected chi connectivity index (χ0v) is 14.0. The minimum Gasteiger partial charge on any atom is -0.310 e. The van der Waals surface area contributed by atoms with Crippen molar-refractivity contribution in [2.24, 2.45) is 0 Å². The Hall–Kier alpha value is -1.19. The molecule has 0 radical (unpaired) electrons. The third kappa shape index (κ3) is 6.40. The lowest BCUT2D eigenvalue weighted by Gasteiger charge is -2.17. The predicted molar refractivity (Wildman–Crippen MR) is 90.1 cm³/mol. The summed E-state index contributed by atoms with van der Waals surface area (Å²) in [5.41, 5.74) is 3.23. The van der Waals surface area contributed by atoms with E-state index in [0.29, 0.717) is 6.54 Å². The highest BCUT2D eigenvalue weighted by atomic mass is 16.1. The van der Waals surface area contributed by atoms with Crippen LogP contribution in [0.4, 0.5) is 0 Å². The average Bonchev–Trinajstić information content (AvgIpc) is 2.49. The molecule has 0 unspecified atom stereocenters. The van der Waals surface area contributed by atoms with E-state index in [0.717, 1.165) is 38.2 Å². The molecule has 1 aromatic carbocycles. The smallest absolute Gasteiger partial charge is 0.176 e. The Morgan fingerprint density at radius 1 is 1.10 bits per heavy atom. The summed E-state index contributed by atoms with van der Waals surface area (Å²) in [7, 11) is 0. The molecule has 1 rings (SSSR count). The van der Waals surface area contributed by atoms with Gasteiger partial charge in [0.15, 0.2) is 5.78 Å². The Balaban J connectivity index is 2.20. The van der Waals surface area contributed by atoms with Crippen molar-refractivity contribution in [2.45, 2.75) is 40.5 Å². The van der Waals surface area contributed by atoms with Crippen LogP contribution >= 0.6 is 0 Å². The van der Waals surface area contributed by atoms with Gasteiger partial charge < -0.3 is 10.2 Å². The van der Waals surface area contributed by atoms with E-state index in [1.165, 1.54) is 17.5 Å². The van der Waals surface area contributed by atoms with Gasteiger partial charge in [0.25, 0.3) is 0 Å². The molecule has 0 fully saturated rings. The molecule has 0 heterocycles. The van der Waals surface area contributed by atoms with E-state index in [4.69, 9.17) is 0 Å². The number of hydrogen-bond acceptors (Lipinski definition) is 3. The first-order valence-corrected chi connectivity index (χ1v) is 8.12. The van der Waals surface area contributed by atoms with Crippen LogP contribution in [0.5, 0.6) is 0 Å². The zero-order chi connectivity index (χ0) is 15.7. The standard InChI is InChI=1S/C18H30N2O/c1-5-20(6-2)12-8-7-11-19-14-18(21)17-10-9-15(3)16(4)13-17/h9-10,13,19H,5-8,11-12,14H2,1-4H3. The van der Waals surface area contributed by atoms with Gasteiger partial charge in [-0.2, -0.15) is 0 Å². The number of Topliss-reactive ketones (excluding diaryl/α,β-unsaturated/α-hetero) is 1. The van der Waals surface area contributed by atoms with Gasteiger partial charge in [0.2, 0.25) is 0 Å². The lowest BCUT2D eigenvalue weighted by atomic mass is 10.0. The van der Waals surface area contributed by atoms with E-state index in [9.17, 15) is 4.79 Å². The molecular weight excluding hydrogens is 260 g/mol. The van der Waals surface area contributed by atoms with E-state index in [1.54, 1.807) is 0 Å². The first kappa shape index (κ1) is 17.9. The van der Waals surface area contributed by atoms with Crippen LogP contribution in [0.3, 0.4) is 0 Å². The van der Waals surface area contributed by atoms with Crippen molar-refractivity contribution in [3.63, 3.8) is 0 Å². The summed E-state index contributed by atoms with van der Waals surface area (Å²) >= 11 is 0. The van der Waals surface area contributed by atoms with Gasteiger partial charge >= 0.3 is 0 Å². The number of carbonyl (C=O) groups is 1. The highest BCUT2D eigenvalue weighted by Crippen LogP contribution is 2.10. The van der Waals surface area contributed by atoms with Crippen molar-refractivity contribution >= 4 is 5.78 Å². The van der Waals surface area contributed by atoms with E-state index >= 15 is 0 Å². The Morgan fingerprint density at radius 2 is 1.81 bits per heavy atom. The van der Waals surface area contributed by atoms with Crippen molar-refractivity contribution in [1.29, 1.82) is 0 Å². The Morgan fingerprint density at radius 3 is 2.43 bits per heavy atom. The molecule has 0 spiro atoms. The topological polar surface area (TPSA) is 32.3 Å². The van der Waals surface area contributed by atoms with Crippen molar-refractivity contribution < 1.29 is 4.79 Å². The van der Waals surface area contributed by atoms with Crippen LogP contribution in [0.25, 0.3) is 0 Å². The highest BCUT2D eigenvalue weighted by Gasteiger charge is 2.06. The SMILES string of the molecule is CCN(CC)CCCCNCC(=O)c1ccc(C)c(C)c1. The maximum absolute atomic E-state index is 12.1. The van der Waals surface area contributed by atoms with Gasteiger partial charge in [0.1, 0.15) is 0 Å². The van der Waals surface area contributed by atoms with Gasteiger partial charge in [-0.3, -0.25) is 4.79 Å². The highest BCUT2D eigenvalue weighted by molar-refractivity contribution is 5.97. The average molecular weight is 290 g/mol. The molecule has 3 nitrogen and oxygen atoms in total. The summed E-state index contributed by atoms with van der Waals surface area (Å²) in [6.45, 7) is 13.3. The molecule has 21 heavy (non-hydrogen) atoms. The number of aryl methyl sites for hydroxylation is 2. The number of benzene rings is 1. The molecule has 118 valence electrons. The van der Waals surface area contributed by atoms with Crippen LogP contribution in [0.15, 0.2) is 18.2 Å². The molecule has 0 amide bonds. The molecule has 3 heteroatoms. The Labute approximate surface area is 129 Å². The molecule has 1 aromatic rings. The lowest BCUT2D eigenvalue weighted by molar-refractivity contribution is 0.0991. The molecule has 0 aliphatic carbocycles. The van der Waals surface area contributed by atoms with Crippen LogP contribution in [0, 0.1) is 13.8 Å². The molecular formula is C18H30N2O. The molecule has 0 aliphatic rings. The summed E-state index contributed by atoms with van der Waals surface area (Å²) in [4.78, 5) is 14.5. The first-order chi connectivity index (χ1) is 10.1. The second-order valence-corrected chi connectivity index (χ2v) is 5.63. The van der Waals surface area contributed by atoms with Crippen LogP contribution < -0.4 is 5.32 Å². The van der Waals surface area contributed by atoms with E-state index in [-0.39, 0.29) is 5.78 Å². The zero-order valence-electron chi connectivity index (χ0n) is 14.0. The molecule has 0 aromatic heterocycles. The molecule has 0 atom stereocenters. The maximum atomic E-state index is 12.1. The van der Waals surface area contributed by atoms with Gasteiger partial charge in [-0.05, 0) is 70.1 Å². The summed E-state index contributed by atoms with van der Waals surface area (Å²) in [5, 5.41) is 3.26. The molecule has 0 saturated heterocycles. The Bertz CT molecular complexity index is 439. The summed E-state index contributed by atoms with van der Waals surface area (Å²) in [6, 6.07) is 5.93. The largest absolute Gasteiger partial charge is 0.310 e. The second kappa shape index (κ2) is 9.69. The van der Waals surface area contributed by atoms with Crippen molar-refractivity contribution in [1.82, 2.24) is 10.2 Å². The number of carbonyl (C=O) groups excluding carboxylic acids is 1. The van der Waals surface area contributed by atoms with E-state index in [2.05, 4.69) is 31.0 Å². The van der Waals surface area contributed by atoms with Gasteiger partial charge in [-0.25, -0.2) is 0 Å². The van der Waals surface area contributed by atoms with Gasteiger partial charge in [0.05, 0.1) is 6.54 Å². The molecule has 0 bridgehead atoms. The molecule has 0 aliphatic heterocycles. The fraction of sp³-hybridized carbons (Fsp3) is 0.611. The van der Waals surface area contributed by atoms with Crippen LogP contribution in [0.2, 0.25) is 0 Å². The summed E-state index contributed by atoms with van der Waals surface area (Å²) in [5.74, 6) is 0.182. The monoisotopic (exact) mass is 290 g/mol. The minimum absolute atomic E-state index is 0.182. The van der Waals surface area contributed by atoms with E-state index < -0.39 is 0 Å². The van der Waals surface area contributed by atoms with E-state index in [1.807, 2.05) is 25.1 Å². The fourth-order valence-corrected chi connectivity index (χ4v) is 2.34. The third-order valence-electron chi connectivity index (χ3n) is 4.09. The minimum atomic E-state index is 0.182. The van der Waals surface area contributed by atoms with Crippen molar-refractivity contribution in [3.05, 3.63) is 34.9 Å². The predicted octanol–water partition coefficient (Wildman–Crippen LogP) is 3.20. The van der Waals surface area contributed by atoms with Crippen molar-refractivity contribution in [2.75, 3.05) is 32.7 Å². The first-order valence-electron chi connectivity index (χ1n) is 8.12.